The lowest BCUT2D eigenvalue weighted by atomic mass is 9.67. The maximum atomic E-state index is 12.7. The van der Waals surface area contributed by atoms with E-state index in [1.54, 1.807) is 11.3 Å². The molecular weight excluding hydrogens is 282 g/mol. The van der Waals surface area contributed by atoms with E-state index in [9.17, 15) is 4.79 Å². The summed E-state index contributed by atoms with van der Waals surface area (Å²) >= 11 is 1.73. The Morgan fingerprint density at radius 2 is 2.33 bits per heavy atom. The van der Waals surface area contributed by atoms with Crippen molar-refractivity contribution in [2.24, 2.45) is 11.8 Å². The molecular formula is C17H27NO2S. The standard InChI is InChI=1S/C17H27NO2S/c1-4-20-16(19)17(18-12-14-8-7-11-21-14)10-6-5-9-15(17)13(2)3/h7-8,11,13,15,18H,4-6,9-10,12H2,1-3H3. The van der Waals surface area contributed by atoms with E-state index in [1.165, 1.54) is 11.3 Å². The number of rotatable bonds is 6. The molecule has 1 N–H and O–H groups in total. The van der Waals surface area contributed by atoms with Gasteiger partial charge >= 0.3 is 5.97 Å². The zero-order valence-electron chi connectivity index (χ0n) is 13.4. The Bertz CT molecular complexity index is 444. The van der Waals surface area contributed by atoms with Crippen LogP contribution in [-0.4, -0.2) is 18.1 Å². The number of carbonyl (C=O) groups excluding carboxylic acids is 1. The van der Waals surface area contributed by atoms with E-state index < -0.39 is 5.54 Å². The van der Waals surface area contributed by atoms with Crippen LogP contribution in [0.15, 0.2) is 17.5 Å². The SMILES string of the molecule is CCOC(=O)C1(NCc2cccs2)CCCCC1C(C)C. The van der Waals surface area contributed by atoms with Crippen LogP contribution in [0.4, 0.5) is 0 Å². The number of hydrogen-bond acceptors (Lipinski definition) is 4. The largest absolute Gasteiger partial charge is 0.465 e. The Labute approximate surface area is 132 Å². The van der Waals surface area contributed by atoms with Crippen molar-refractivity contribution in [1.29, 1.82) is 0 Å². The minimum atomic E-state index is -0.508. The molecule has 0 aromatic carbocycles. The van der Waals surface area contributed by atoms with Gasteiger partial charge in [-0.05, 0) is 43.0 Å². The molecule has 4 heteroatoms. The molecule has 2 rings (SSSR count). The van der Waals surface area contributed by atoms with Crippen LogP contribution in [0, 0.1) is 11.8 Å². The second kappa shape index (κ2) is 7.41. The van der Waals surface area contributed by atoms with E-state index in [0.29, 0.717) is 18.4 Å². The number of esters is 1. The molecule has 0 aliphatic heterocycles. The van der Waals surface area contributed by atoms with E-state index >= 15 is 0 Å². The van der Waals surface area contributed by atoms with Crippen LogP contribution in [0.2, 0.25) is 0 Å². The van der Waals surface area contributed by atoms with Gasteiger partial charge in [-0.25, -0.2) is 0 Å². The number of ether oxygens (including phenoxy) is 1. The third kappa shape index (κ3) is 3.67. The molecule has 0 radical (unpaired) electrons. The van der Waals surface area contributed by atoms with Gasteiger partial charge in [0.25, 0.3) is 0 Å². The summed E-state index contributed by atoms with van der Waals surface area (Å²) in [6.45, 7) is 7.53. The lowest BCUT2D eigenvalue weighted by Crippen LogP contribution is -2.60. The fourth-order valence-corrected chi connectivity index (χ4v) is 4.21. The quantitative estimate of drug-likeness (QED) is 0.808. The Kier molecular flexibility index (Phi) is 5.82. The first-order chi connectivity index (χ1) is 10.1. The van der Waals surface area contributed by atoms with Gasteiger partial charge in [0.05, 0.1) is 6.61 Å². The van der Waals surface area contributed by atoms with Gasteiger partial charge in [0.1, 0.15) is 5.54 Å². The Morgan fingerprint density at radius 3 is 2.95 bits per heavy atom. The maximum Gasteiger partial charge on any atom is 0.326 e. The van der Waals surface area contributed by atoms with Crippen molar-refractivity contribution in [1.82, 2.24) is 5.32 Å². The Balaban J connectivity index is 2.21. The third-order valence-corrected chi connectivity index (χ3v) is 5.45. The van der Waals surface area contributed by atoms with Gasteiger partial charge in [-0.2, -0.15) is 0 Å². The molecule has 1 fully saturated rings. The van der Waals surface area contributed by atoms with Crippen molar-refractivity contribution in [3.05, 3.63) is 22.4 Å². The number of nitrogens with one attached hydrogen (secondary N) is 1. The first-order valence-electron chi connectivity index (χ1n) is 8.04. The smallest absolute Gasteiger partial charge is 0.326 e. The average Bonchev–Trinajstić information content (AvgIpc) is 2.98. The van der Waals surface area contributed by atoms with Crippen molar-refractivity contribution in [2.45, 2.75) is 58.5 Å². The highest BCUT2D eigenvalue weighted by atomic mass is 32.1. The summed E-state index contributed by atoms with van der Waals surface area (Å²) in [5.74, 6) is 0.774. The van der Waals surface area contributed by atoms with E-state index in [0.717, 1.165) is 25.8 Å². The van der Waals surface area contributed by atoms with Crippen LogP contribution < -0.4 is 5.32 Å². The second-order valence-corrected chi connectivity index (χ2v) is 7.25. The van der Waals surface area contributed by atoms with Crippen LogP contribution in [0.5, 0.6) is 0 Å². The van der Waals surface area contributed by atoms with Crippen molar-refractivity contribution >= 4 is 17.3 Å². The predicted molar refractivity (Wildman–Crippen MR) is 87.3 cm³/mol. The van der Waals surface area contributed by atoms with Crippen molar-refractivity contribution in [2.75, 3.05) is 6.61 Å². The molecule has 1 aliphatic carbocycles. The number of hydrogen-bond donors (Lipinski definition) is 1. The molecule has 21 heavy (non-hydrogen) atoms. The highest BCUT2D eigenvalue weighted by molar-refractivity contribution is 7.09. The Morgan fingerprint density at radius 1 is 1.52 bits per heavy atom. The summed E-state index contributed by atoms with van der Waals surface area (Å²) in [6, 6.07) is 4.17. The fourth-order valence-electron chi connectivity index (χ4n) is 3.57. The second-order valence-electron chi connectivity index (χ2n) is 6.22. The van der Waals surface area contributed by atoms with Gasteiger partial charge in [-0.3, -0.25) is 10.1 Å². The lowest BCUT2D eigenvalue weighted by Gasteiger charge is -2.44. The van der Waals surface area contributed by atoms with E-state index in [-0.39, 0.29) is 5.97 Å². The Hall–Kier alpha value is -0.870. The predicted octanol–water partition coefficient (Wildman–Crippen LogP) is 3.99. The van der Waals surface area contributed by atoms with Gasteiger partial charge in [0, 0.05) is 11.4 Å². The molecule has 2 atom stereocenters. The zero-order valence-corrected chi connectivity index (χ0v) is 14.2. The van der Waals surface area contributed by atoms with Gasteiger partial charge in [0.2, 0.25) is 0 Å². The molecule has 118 valence electrons. The van der Waals surface area contributed by atoms with Crippen LogP contribution in [-0.2, 0) is 16.1 Å². The molecule has 1 aromatic heterocycles. The van der Waals surface area contributed by atoms with E-state index in [1.807, 2.05) is 6.92 Å². The monoisotopic (exact) mass is 309 g/mol. The molecule has 2 unspecified atom stereocenters. The maximum absolute atomic E-state index is 12.7. The van der Waals surface area contributed by atoms with Crippen LogP contribution in [0.1, 0.15) is 51.3 Å². The lowest BCUT2D eigenvalue weighted by molar-refractivity contribution is -0.157. The summed E-state index contributed by atoms with van der Waals surface area (Å²) in [6.07, 6.45) is 4.30. The summed E-state index contributed by atoms with van der Waals surface area (Å²) in [7, 11) is 0. The van der Waals surface area contributed by atoms with Crippen LogP contribution in [0.25, 0.3) is 0 Å². The summed E-state index contributed by atoms with van der Waals surface area (Å²) < 4.78 is 5.44. The first-order valence-corrected chi connectivity index (χ1v) is 8.92. The topological polar surface area (TPSA) is 38.3 Å². The minimum Gasteiger partial charge on any atom is -0.465 e. The van der Waals surface area contributed by atoms with Gasteiger partial charge in [-0.1, -0.05) is 32.8 Å². The van der Waals surface area contributed by atoms with Crippen molar-refractivity contribution in [3.63, 3.8) is 0 Å². The van der Waals surface area contributed by atoms with Gasteiger partial charge in [-0.15, -0.1) is 11.3 Å². The van der Waals surface area contributed by atoms with Gasteiger partial charge in [0.15, 0.2) is 0 Å². The van der Waals surface area contributed by atoms with Crippen molar-refractivity contribution < 1.29 is 9.53 Å². The fraction of sp³-hybridized carbons (Fsp3) is 0.706. The highest BCUT2D eigenvalue weighted by Crippen LogP contribution is 2.39. The van der Waals surface area contributed by atoms with E-state index in [4.69, 9.17) is 4.74 Å². The van der Waals surface area contributed by atoms with Crippen molar-refractivity contribution in [3.8, 4) is 0 Å². The molecule has 0 bridgehead atoms. The van der Waals surface area contributed by atoms with Crippen LogP contribution in [0.3, 0.4) is 0 Å². The molecule has 1 aliphatic rings. The normalized spacial score (nSPS) is 26.0. The van der Waals surface area contributed by atoms with Crippen LogP contribution >= 0.6 is 11.3 Å². The number of thiophene rings is 1. The molecule has 1 aromatic rings. The van der Waals surface area contributed by atoms with E-state index in [2.05, 4.69) is 36.7 Å². The first kappa shape index (κ1) is 16.5. The number of carbonyl (C=O) groups is 1. The molecule has 1 saturated carbocycles. The molecule has 0 spiro atoms. The molecule has 0 saturated heterocycles. The average molecular weight is 309 g/mol. The minimum absolute atomic E-state index is 0.0556. The summed E-state index contributed by atoms with van der Waals surface area (Å²) in [4.78, 5) is 14.0. The summed E-state index contributed by atoms with van der Waals surface area (Å²) in [5.41, 5.74) is -0.508. The highest BCUT2D eigenvalue weighted by Gasteiger charge is 2.48. The van der Waals surface area contributed by atoms with Gasteiger partial charge < -0.3 is 4.74 Å². The third-order valence-electron chi connectivity index (χ3n) is 4.57. The molecule has 3 nitrogen and oxygen atoms in total. The summed E-state index contributed by atoms with van der Waals surface area (Å²) in [5, 5.41) is 5.67. The molecule has 0 amide bonds. The molecule has 1 heterocycles. The zero-order chi connectivity index (χ0) is 15.3.